The van der Waals surface area contributed by atoms with Crippen molar-refractivity contribution >= 4 is 11.7 Å². The normalized spacial score (nSPS) is 14.8. The minimum Gasteiger partial charge on any atom is -0.368 e. The third-order valence-electron chi connectivity index (χ3n) is 4.38. The van der Waals surface area contributed by atoms with E-state index < -0.39 is 0 Å². The summed E-state index contributed by atoms with van der Waals surface area (Å²) in [4.78, 5) is 24.8. The Hall–Kier alpha value is -2.57. The largest absolute Gasteiger partial charge is 0.368 e. The predicted octanol–water partition coefficient (Wildman–Crippen LogP) is 1.97. The Labute approximate surface area is 148 Å². The Kier molecular flexibility index (Phi) is 5.53. The highest BCUT2D eigenvalue weighted by Gasteiger charge is 2.21. The van der Waals surface area contributed by atoms with E-state index in [0.29, 0.717) is 12.5 Å². The van der Waals surface area contributed by atoms with Crippen molar-refractivity contribution in [1.82, 2.24) is 24.8 Å². The number of rotatable bonds is 5. The number of nitrogens with zero attached hydrogens (tertiary/aromatic N) is 5. The summed E-state index contributed by atoms with van der Waals surface area (Å²) in [6, 6.07) is 4.00. The molecule has 1 aliphatic heterocycles. The molecule has 2 aromatic heterocycles. The molecule has 1 fully saturated rings. The van der Waals surface area contributed by atoms with E-state index in [1.165, 1.54) is 0 Å². The van der Waals surface area contributed by atoms with E-state index >= 15 is 0 Å². The Morgan fingerprint density at radius 1 is 1.16 bits per heavy atom. The molecule has 0 unspecified atom stereocenters. The first-order valence-corrected chi connectivity index (χ1v) is 8.80. The van der Waals surface area contributed by atoms with Gasteiger partial charge in [0.1, 0.15) is 0 Å². The van der Waals surface area contributed by atoms with Crippen LogP contribution in [0.1, 0.15) is 19.5 Å². The number of imidazole rings is 1. The molecular weight excluding hydrogens is 316 g/mol. The van der Waals surface area contributed by atoms with Crippen molar-refractivity contribution in [2.24, 2.45) is 5.92 Å². The van der Waals surface area contributed by atoms with Gasteiger partial charge in [-0.05, 0) is 18.1 Å². The lowest BCUT2D eigenvalue weighted by atomic mass is 10.2. The maximum atomic E-state index is 12.4. The van der Waals surface area contributed by atoms with Gasteiger partial charge in [-0.25, -0.2) is 9.78 Å². The molecule has 0 aliphatic carbocycles. The van der Waals surface area contributed by atoms with E-state index in [9.17, 15) is 4.79 Å². The zero-order chi connectivity index (χ0) is 17.6. The van der Waals surface area contributed by atoms with Crippen LogP contribution in [0.2, 0.25) is 0 Å². The third kappa shape index (κ3) is 4.49. The molecule has 2 aromatic rings. The van der Waals surface area contributed by atoms with Gasteiger partial charge < -0.3 is 19.7 Å². The second-order valence-electron chi connectivity index (χ2n) is 6.77. The monoisotopic (exact) mass is 342 g/mol. The van der Waals surface area contributed by atoms with Crippen molar-refractivity contribution in [3.8, 4) is 0 Å². The fourth-order valence-electron chi connectivity index (χ4n) is 3.05. The molecule has 0 spiro atoms. The Morgan fingerprint density at radius 2 is 1.88 bits per heavy atom. The number of aromatic nitrogens is 3. The van der Waals surface area contributed by atoms with Crippen LogP contribution in [0.4, 0.5) is 10.5 Å². The number of carbonyl (C=O) groups excluding carboxylic acids is 1. The van der Waals surface area contributed by atoms with Crippen LogP contribution in [0.15, 0.2) is 37.1 Å². The number of carbonyl (C=O) groups is 1. The van der Waals surface area contributed by atoms with Gasteiger partial charge in [0.15, 0.2) is 0 Å². The number of urea groups is 1. The van der Waals surface area contributed by atoms with Crippen LogP contribution in [0.5, 0.6) is 0 Å². The van der Waals surface area contributed by atoms with Crippen LogP contribution in [0.25, 0.3) is 0 Å². The number of piperazine rings is 1. The fourth-order valence-corrected chi connectivity index (χ4v) is 3.05. The zero-order valence-electron chi connectivity index (χ0n) is 14.9. The molecular formula is C18H26N6O. The Morgan fingerprint density at radius 3 is 2.56 bits per heavy atom. The number of hydrogen-bond acceptors (Lipinski definition) is 4. The summed E-state index contributed by atoms with van der Waals surface area (Å²) in [5.41, 5.74) is 2.20. The van der Waals surface area contributed by atoms with Gasteiger partial charge in [-0.15, -0.1) is 0 Å². The van der Waals surface area contributed by atoms with Crippen LogP contribution in [-0.4, -0.2) is 51.6 Å². The average Bonchev–Trinajstić information content (AvgIpc) is 3.07. The van der Waals surface area contributed by atoms with Gasteiger partial charge >= 0.3 is 6.03 Å². The SMILES string of the molecule is CC(C)Cn1cncc1CNC(=O)N1CCN(c2ccncc2)CC1. The summed E-state index contributed by atoms with van der Waals surface area (Å²) in [6.45, 7) is 8.88. The molecule has 7 nitrogen and oxygen atoms in total. The second kappa shape index (κ2) is 8.00. The molecule has 0 bridgehead atoms. The Bertz CT molecular complexity index is 676. The van der Waals surface area contributed by atoms with Crippen LogP contribution in [-0.2, 0) is 13.1 Å². The van der Waals surface area contributed by atoms with E-state index in [-0.39, 0.29) is 6.03 Å². The van der Waals surface area contributed by atoms with Crippen molar-refractivity contribution in [1.29, 1.82) is 0 Å². The summed E-state index contributed by atoms with van der Waals surface area (Å²) in [5, 5.41) is 3.02. The van der Waals surface area contributed by atoms with Gasteiger partial charge in [-0.3, -0.25) is 4.98 Å². The summed E-state index contributed by atoms with van der Waals surface area (Å²) >= 11 is 0. The molecule has 1 saturated heterocycles. The standard InChI is InChI=1S/C18H26N6O/c1-15(2)13-24-14-20-11-17(24)12-21-18(25)23-9-7-22(8-10-23)16-3-5-19-6-4-16/h3-6,11,14-15H,7-10,12-13H2,1-2H3,(H,21,25). The molecule has 0 aromatic carbocycles. The summed E-state index contributed by atoms with van der Waals surface area (Å²) < 4.78 is 2.10. The average molecular weight is 342 g/mol. The maximum absolute atomic E-state index is 12.4. The smallest absolute Gasteiger partial charge is 0.317 e. The highest BCUT2D eigenvalue weighted by atomic mass is 16.2. The van der Waals surface area contributed by atoms with Gasteiger partial charge in [0.25, 0.3) is 0 Å². The molecule has 3 heterocycles. The van der Waals surface area contributed by atoms with Crippen molar-refractivity contribution < 1.29 is 4.79 Å². The summed E-state index contributed by atoms with van der Waals surface area (Å²) in [5.74, 6) is 0.546. The molecule has 0 radical (unpaired) electrons. The van der Waals surface area contributed by atoms with E-state index in [1.54, 1.807) is 12.4 Å². The van der Waals surface area contributed by atoms with Crippen LogP contribution >= 0.6 is 0 Å². The number of hydrogen-bond donors (Lipinski definition) is 1. The minimum atomic E-state index is -0.00771. The molecule has 25 heavy (non-hydrogen) atoms. The highest BCUT2D eigenvalue weighted by molar-refractivity contribution is 5.74. The first-order chi connectivity index (χ1) is 12.1. The van der Waals surface area contributed by atoms with Crippen LogP contribution in [0.3, 0.4) is 0 Å². The second-order valence-corrected chi connectivity index (χ2v) is 6.77. The molecule has 3 rings (SSSR count). The molecule has 2 amide bonds. The first kappa shape index (κ1) is 17.3. The van der Waals surface area contributed by atoms with Crippen molar-refractivity contribution in [3.05, 3.63) is 42.7 Å². The maximum Gasteiger partial charge on any atom is 0.317 e. The lowest BCUT2D eigenvalue weighted by Crippen LogP contribution is -2.51. The highest BCUT2D eigenvalue weighted by Crippen LogP contribution is 2.14. The zero-order valence-corrected chi connectivity index (χ0v) is 14.9. The summed E-state index contributed by atoms with van der Waals surface area (Å²) in [6.07, 6.45) is 7.25. The lowest BCUT2D eigenvalue weighted by Gasteiger charge is -2.36. The third-order valence-corrected chi connectivity index (χ3v) is 4.38. The number of pyridine rings is 1. The molecule has 7 heteroatoms. The van der Waals surface area contributed by atoms with Crippen molar-refractivity contribution in [2.45, 2.75) is 26.9 Å². The van der Waals surface area contributed by atoms with Crippen LogP contribution < -0.4 is 10.2 Å². The van der Waals surface area contributed by atoms with E-state index in [0.717, 1.165) is 44.1 Å². The Balaban J connectivity index is 1.48. The quantitative estimate of drug-likeness (QED) is 0.902. The van der Waals surface area contributed by atoms with Gasteiger partial charge in [0.05, 0.1) is 18.6 Å². The number of amides is 2. The van der Waals surface area contributed by atoms with Gasteiger partial charge in [-0.1, -0.05) is 13.8 Å². The van der Waals surface area contributed by atoms with E-state index in [4.69, 9.17) is 0 Å². The van der Waals surface area contributed by atoms with Gasteiger partial charge in [-0.2, -0.15) is 0 Å². The van der Waals surface area contributed by atoms with Crippen molar-refractivity contribution in [3.63, 3.8) is 0 Å². The fraction of sp³-hybridized carbons (Fsp3) is 0.500. The lowest BCUT2D eigenvalue weighted by molar-refractivity contribution is 0.193. The van der Waals surface area contributed by atoms with Crippen LogP contribution in [0, 0.1) is 5.92 Å². The molecule has 134 valence electrons. The van der Waals surface area contributed by atoms with E-state index in [1.807, 2.05) is 29.6 Å². The molecule has 1 N–H and O–H groups in total. The van der Waals surface area contributed by atoms with Crippen molar-refractivity contribution in [2.75, 3.05) is 31.1 Å². The summed E-state index contributed by atoms with van der Waals surface area (Å²) in [7, 11) is 0. The predicted molar refractivity (Wildman–Crippen MR) is 97.3 cm³/mol. The van der Waals surface area contributed by atoms with Gasteiger partial charge in [0, 0.05) is 57.0 Å². The minimum absolute atomic E-state index is 0.00771. The van der Waals surface area contributed by atoms with E-state index in [2.05, 4.69) is 38.6 Å². The first-order valence-electron chi connectivity index (χ1n) is 8.80. The molecule has 0 saturated carbocycles. The number of anilines is 1. The molecule has 1 aliphatic rings. The number of nitrogens with one attached hydrogen (secondary N) is 1. The topological polar surface area (TPSA) is 66.3 Å². The van der Waals surface area contributed by atoms with Gasteiger partial charge in [0.2, 0.25) is 0 Å². The molecule has 0 atom stereocenters.